The van der Waals surface area contributed by atoms with Gasteiger partial charge in [0.15, 0.2) is 0 Å². The average molecular weight is 224 g/mol. The molecule has 0 spiro atoms. The summed E-state index contributed by atoms with van der Waals surface area (Å²) in [6.45, 7) is 11.8. The molecule has 0 bridgehead atoms. The minimum absolute atomic E-state index is 0.767. The molecule has 2 fully saturated rings. The van der Waals surface area contributed by atoms with Crippen LogP contribution in [0.3, 0.4) is 0 Å². The molecule has 4 unspecified atom stereocenters. The van der Waals surface area contributed by atoms with Crippen LogP contribution in [0.15, 0.2) is 0 Å². The second kappa shape index (κ2) is 5.05. The van der Waals surface area contributed by atoms with E-state index >= 15 is 0 Å². The van der Waals surface area contributed by atoms with Gasteiger partial charge in [-0.2, -0.15) is 0 Å². The van der Waals surface area contributed by atoms with Crippen LogP contribution in [-0.2, 0) is 0 Å². The molecule has 0 amide bonds. The smallest absolute Gasteiger partial charge is 0.0116 e. The van der Waals surface area contributed by atoms with Crippen molar-refractivity contribution in [3.63, 3.8) is 0 Å². The highest BCUT2D eigenvalue weighted by Crippen LogP contribution is 2.35. The quantitative estimate of drug-likeness (QED) is 0.765. The summed E-state index contributed by atoms with van der Waals surface area (Å²) in [7, 11) is 0. The molecule has 16 heavy (non-hydrogen) atoms. The van der Waals surface area contributed by atoms with Gasteiger partial charge >= 0.3 is 0 Å². The van der Waals surface area contributed by atoms with Crippen molar-refractivity contribution in [3.05, 3.63) is 0 Å². The lowest BCUT2D eigenvalue weighted by Gasteiger charge is -2.21. The lowest BCUT2D eigenvalue weighted by molar-refractivity contribution is 0.372. The van der Waals surface area contributed by atoms with Crippen molar-refractivity contribution in [1.82, 2.24) is 10.6 Å². The molecule has 0 saturated carbocycles. The van der Waals surface area contributed by atoms with Crippen LogP contribution in [0.5, 0.6) is 0 Å². The van der Waals surface area contributed by atoms with Gasteiger partial charge in [-0.05, 0) is 49.6 Å². The molecule has 2 heteroatoms. The fraction of sp³-hybridized carbons (Fsp3) is 1.00. The second-order valence-corrected chi connectivity index (χ2v) is 6.62. The average Bonchev–Trinajstić information content (AvgIpc) is 2.70. The van der Waals surface area contributed by atoms with Crippen LogP contribution in [-0.4, -0.2) is 25.2 Å². The highest BCUT2D eigenvalue weighted by molar-refractivity contribution is 5.02. The highest BCUT2D eigenvalue weighted by Gasteiger charge is 2.44. The largest absolute Gasteiger partial charge is 0.316 e. The summed E-state index contributed by atoms with van der Waals surface area (Å²) in [6.07, 6.45) is 2.69. The maximum Gasteiger partial charge on any atom is 0.0116 e. The summed E-state index contributed by atoms with van der Waals surface area (Å²) in [5.74, 6) is 3.42. The molecular formula is C14H28N2. The van der Waals surface area contributed by atoms with Gasteiger partial charge in [0.05, 0.1) is 0 Å². The Bertz CT molecular complexity index is 203. The molecule has 2 N–H and O–H groups in total. The molecule has 4 atom stereocenters. The Morgan fingerprint density at radius 2 is 1.31 bits per heavy atom. The van der Waals surface area contributed by atoms with Crippen molar-refractivity contribution >= 4 is 0 Å². The van der Waals surface area contributed by atoms with Gasteiger partial charge in [-0.25, -0.2) is 0 Å². The first-order valence-corrected chi connectivity index (χ1v) is 7.04. The fourth-order valence-electron chi connectivity index (χ4n) is 3.62. The van der Waals surface area contributed by atoms with E-state index < -0.39 is 0 Å². The van der Waals surface area contributed by atoms with E-state index in [9.17, 15) is 0 Å². The molecule has 2 aliphatic rings. The minimum atomic E-state index is 0.767. The molecule has 2 rings (SSSR count). The van der Waals surface area contributed by atoms with Crippen molar-refractivity contribution < 1.29 is 0 Å². The molecule has 0 aromatic heterocycles. The van der Waals surface area contributed by atoms with Crippen LogP contribution in [0.1, 0.15) is 40.5 Å². The van der Waals surface area contributed by atoms with E-state index in [1.54, 1.807) is 0 Å². The van der Waals surface area contributed by atoms with Crippen molar-refractivity contribution in [2.75, 3.05) is 13.1 Å². The van der Waals surface area contributed by atoms with E-state index in [2.05, 4.69) is 38.3 Å². The molecule has 2 nitrogen and oxygen atoms in total. The molecule has 0 aliphatic carbocycles. The van der Waals surface area contributed by atoms with E-state index in [-0.39, 0.29) is 0 Å². The summed E-state index contributed by atoms with van der Waals surface area (Å²) in [6, 6.07) is 1.53. The second-order valence-electron chi connectivity index (χ2n) is 6.62. The molecule has 0 radical (unpaired) electrons. The van der Waals surface area contributed by atoms with Gasteiger partial charge in [0.25, 0.3) is 0 Å². The van der Waals surface area contributed by atoms with Crippen LogP contribution in [0, 0.1) is 23.7 Å². The lowest BCUT2D eigenvalue weighted by atomic mass is 9.85. The van der Waals surface area contributed by atoms with Gasteiger partial charge in [-0.1, -0.05) is 27.7 Å². The number of nitrogens with one attached hydrogen (secondary N) is 2. The van der Waals surface area contributed by atoms with Gasteiger partial charge in [0, 0.05) is 12.1 Å². The standard InChI is InChI=1S/C14H28N2/c1-9(2)5-13-11-7-15-8-12(11)14(16-13)6-10(3)4/h9-16H,5-8H2,1-4H3. The molecular weight excluding hydrogens is 196 g/mol. The lowest BCUT2D eigenvalue weighted by Crippen LogP contribution is -2.37. The first-order chi connectivity index (χ1) is 7.58. The molecule has 2 aliphatic heterocycles. The zero-order valence-electron chi connectivity index (χ0n) is 11.3. The first-order valence-electron chi connectivity index (χ1n) is 7.04. The Morgan fingerprint density at radius 1 is 0.875 bits per heavy atom. The predicted octanol–water partition coefficient (Wildman–Crippen LogP) is 2.25. The maximum absolute atomic E-state index is 3.92. The Balaban J connectivity index is 1.97. The Labute approximate surface area is 101 Å². The number of rotatable bonds is 4. The molecule has 2 saturated heterocycles. The van der Waals surface area contributed by atoms with Crippen molar-refractivity contribution in [2.24, 2.45) is 23.7 Å². The third kappa shape index (κ3) is 2.60. The summed E-state index contributed by atoms with van der Waals surface area (Å²) in [5.41, 5.74) is 0. The normalized spacial score (nSPS) is 38.6. The van der Waals surface area contributed by atoms with Gasteiger partial charge in [-0.3, -0.25) is 0 Å². The minimum Gasteiger partial charge on any atom is -0.316 e. The first kappa shape index (κ1) is 12.4. The number of hydrogen-bond acceptors (Lipinski definition) is 2. The zero-order chi connectivity index (χ0) is 11.7. The highest BCUT2D eigenvalue weighted by atomic mass is 15.1. The molecule has 94 valence electrons. The summed E-state index contributed by atoms with van der Waals surface area (Å²) < 4.78 is 0. The summed E-state index contributed by atoms with van der Waals surface area (Å²) in [5, 5.41) is 7.51. The van der Waals surface area contributed by atoms with E-state index in [0.29, 0.717) is 0 Å². The SMILES string of the molecule is CC(C)CC1NC(CC(C)C)C2CNCC12. The van der Waals surface area contributed by atoms with Crippen LogP contribution in [0.25, 0.3) is 0 Å². The van der Waals surface area contributed by atoms with E-state index in [1.165, 1.54) is 25.9 Å². The molecule has 0 aromatic carbocycles. The van der Waals surface area contributed by atoms with Gasteiger partial charge < -0.3 is 10.6 Å². The third-order valence-corrected chi connectivity index (χ3v) is 4.22. The Kier molecular flexibility index (Phi) is 3.91. The summed E-state index contributed by atoms with van der Waals surface area (Å²) in [4.78, 5) is 0. The van der Waals surface area contributed by atoms with E-state index in [4.69, 9.17) is 0 Å². The number of hydrogen-bond donors (Lipinski definition) is 2. The van der Waals surface area contributed by atoms with E-state index in [1.807, 2.05) is 0 Å². The summed E-state index contributed by atoms with van der Waals surface area (Å²) >= 11 is 0. The van der Waals surface area contributed by atoms with Crippen LogP contribution in [0.2, 0.25) is 0 Å². The van der Waals surface area contributed by atoms with Gasteiger partial charge in [-0.15, -0.1) is 0 Å². The van der Waals surface area contributed by atoms with E-state index in [0.717, 1.165) is 35.8 Å². The monoisotopic (exact) mass is 224 g/mol. The molecule has 0 aromatic rings. The fourth-order valence-corrected chi connectivity index (χ4v) is 3.62. The van der Waals surface area contributed by atoms with Crippen LogP contribution < -0.4 is 10.6 Å². The molecule has 2 heterocycles. The third-order valence-electron chi connectivity index (χ3n) is 4.22. The zero-order valence-corrected chi connectivity index (χ0v) is 11.3. The van der Waals surface area contributed by atoms with Crippen molar-refractivity contribution in [1.29, 1.82) is 0 Å². The number of fused-ring (bicyclic) bond motifs is 1. The van der Waals surface area contributed by atoms with Crippen molar-refractivity contribution in [3.8, 4) is 0 Å². The van der Waals surface area contributed by atoms with Crippen LogP contribution >= 0.6 is 0 Å². The van der Waals surface area contributed by atoms with Gasteiger partial charge in [0.1, 0.15) is 0 Å². The Hall–Kier alpha value is -0.0800. The predicted molar refractivity (Wildman–Crippen MR) is 69.5 cm³/mol. The van der Waals surface area contributed by atoms with Gasteiger partial charge in [0.2, 0.25) is 0 Å². The Morgan fingerprint density at radius 3 is 1.69 bits per heavy atom. The van der Waals surface area contributed by atoms with Crippen LogP contribution in [0.4, 0.5) is 0 Å². The van der Waals surface area contributed by atoms with Crippen molar-refractivity contribution in [2.45, 2.75) is 52.6 Å². The topological polar surface area (TPSA) is 24.1 Å². The maximum atomic E-state index is 3.92.